The molecule has 0 aromatic carbocycles. The normalized spacial score (nSPS) is 20.6. The van der Waals surface area contributed by atoms with Crippen molar-refractivity contribution >= 4 is 5.95 Å². The van der Waals surface area contributed by atoms with Gasteiger partial charge in [0.05, 0.1) is 7.11 Å². The summed E-state index contributed by atoms with van der Waals surface area (Å²) in [6.45, 7) is 1.85. The van der Waals surface area contributed by atoms with E-state index in [2.05, 4.69) is 30.0 Å². The van der Waals surface area contributed by atoms with Gasteiger partial charge in [0.15, 0.2) is 0 Å². The van der Waals surface area contributed by atoms with Crippen LogP contribution < -0.4 is 9.64 Å². The summed E-state index contributed by atoms with van der Waals surface area (Å²) in [6.07, 6.45) is 8.48. The SMILES string of the molecule is COc1ccnc(N2CCC3(CC2)CC3c2nc(-c3cccnc3)no2)n1. The van der Waals surface area contributed by atoms with Gasteiger partial charge in [-0.05, 0) is 36.8 Å². The lowest BCUT2D eigenvalue weighted by Crippen LogP contribution is -2.36. The fraction of sp³-hybridized carbons (Fsp3) is 0.421. The zero-order chi connectivity index (χ0) is 18.3. The van der Waals surface area contributed by atoms with Crippen molar-refractivity contribution in [3.8, 4) is 17.3 Å². The van der Waals surface area contributed by atoms with Gasteiger partial charge in [0.1, 0.15) is 0 Å². The Kier molecular flexibility index (Phi) is 3.77. The third kappa shape index (κ3) is 2.90. The topological polar surface area (TPSA) is 90.1 Å². The zero-order valence-electron chi connectivity index (χ0n) is 15.1. The summed E-state index contributed by atoms with van der Waals surface area (Å²) in [7, 11) is 1.62. The number of aromatic nitrogens is 5. The Hall–Kier alpha value is -3.03. The van der Waals surface area contributed by atoms with E-state index in [0.717, 1.165) is 49.8 Å². The van der Waals surface area contributed by atoms with E-state index in [1.807, 2.05) is 12.1 Å². The van der Waals surface area contributed by atoms with Crippen molar-refractivity contribution in [2.45, 2.75) is 25.2 Å². The average molecular weight is 364 g/mol. The molecule has 1 atom stereocenters. The van der Waals surface area contributed by atoms with Gasteiger partial charge in [-0.25, -0.2) is 4.98 Å². The van der Waals surface area contributed by atoms with Crippen molar-refractivity contribution < 1.29 is 9.26 Å². The first-order valence-corrected chi connectivity index (χ1v) is 9.13. The first kappa shape index (κ1) is 16.2. The Morgan fingerprint density at radius 2 is 2.07 bits per heavy atom. The summed E-state index contributed by atoms with van der Waals surface area (Å²) in [5.41, 5.74) is 1.15. The highest BCUT2D eigenvalue weighted by Gasteiger charge is 2.58. The average Bonchev–Trinajstić information content (AvgIpc) is 3.20. The number of ether oxygens (including phenoxy) is 1. The Morgan fingerprint density at radius 3 is 2.85 bits per heavy atom. The molecule has 1 aliphatic carbocycles. The van der Waals surface area contributed by atoms with E-state index in [1.165, 1.54) is 0 Å². The van der Waals surface area contributed by atoms with Crippen LogP contribution in [0.25, 0.3) is 11.4 Å². The molecule has 2 aliphatic rings. The molecule has 5 rings (SSSR count). The fourth-order valence-electron chi connectivity index (χ4n) is 3.99. The molecule has 0 radical (unpaired) electrons. The molecule has 1 aliphatic heterocycles. The third-order valence-electron chi connectivity index (χ3n) is 5.72. The van der Waals surface area contributed by atoms with Gasteiger partial charge in [-0.2, -0.15) is 9.97 Å². The highest BCUT2D eigenvalue weighted by molar-refractivity contribution is 5.52. The van der Waals surface area contributed by atoms with Crippen molar-refractivity contribution in [1.82, 2.24) is 25.1 Å². The quantitative estimate of drug-likeness (QED) is 0.698. The van der Waals surface area contributed by atoms with Gasteiger partial charge in [-0.1, -0.05) is 5.16 Å². The number of pyridine rings is 1. The highest BCUT2D eigenvalue weighted by Crippen LogP contribution is 2.64. The Morgan fingerprint density at radius 1 is 1.19 bits per heavy atom. The molecule has 27 heavy (non-hydrogen) atoms. The van der Waals surface area contributed by atoms with Crippen molar-refractivity contribution in [3.05, 3.63) is 42.7 Å². The summed E-state index contributed by atoms with van der Waals surface area (Å²) in [5.74, 6) is 3.04. The van der Waals surface area contributed by atoms with E-state index in [4.69, 9.17) is 9.26 Å². The van der Waals surface area contributed by atoms with Gasteiger partial charge in [-0.15, -0.1) is 0 Å². The zero-order valence-corrected chi connectivity index (χ0v) is 15.1. The molecule has 3 aromatic rings. The Balaban J connectivity index is 1.26. The molecule has 0 amide bonds. The molecule has 3 aromatic heterocycles. The number of hydrogen-bond donors (Lipinski definition) is 0. The molecule has 1 spiro atoms. The molecular formula is C19H20N6O2. The third-order valence-corrected chi connectivity index (χ3v) is 5.72. The molecule has 1 unspecified atom stereocenters. The second-order valence-corrected chi connectivity index (χ2v) is 7.20. The lowest BCUT2D eigenvalue weighted by molar-refractivity contribution is 0.325. The number of rotatable bonds is 4. The van der Waals surface area contributed by atoms with Crippen LogP contribution >= 0.6 is 0 Å². The van der Waals surface area contributed by atoms with Crippen LogP contribution in [-0.4, -0.2) is 45.3 Å². The lowest BCUT2D eigenvalue weighted by atomic mass is 9.91. The van der Waals surface area contributed by atoms with Crippen LogP contribution in [0.4, 0.5) is 5.95 Å². The van der Waals surface area contributed by atoms with Crippen LogP contribution in [0.2, 0.25) is 0 Å². The smallest absolute Gasteiger partial charge is 0.230 e. The lowest BCUT2D eigenvalue weighted by Gasteiger charge is -2.32. The maximum Gasteiger partial charge on any atom is 0.230 e. The summed E-state index contributed by atoms with van der Waals surface area (Å²) >= 11 is 0. The highest BCUT2D eigenvalue weighted by atomic mass is 16.5. The molecule has 1 saturated heterocycles. The van der Waals surface area contributed by atoms with Crippen molar-refractivity contribution in [3.63, 3.8) is 0 Å². The van der Waals surface area contributed by atoms with Gasteiger partial charge in [0, 0.05) is 49.2 Å². The Labute approximate surface area is 156 Å². The second kappa shape index (κ2) is 6.29. The molecule has 2 fully saturated rings. The number of piperidine rings is 1. The minimum Gasteiger partial charge on any atom is -0.481 e. The monoisotopic (exact) mass is 364 g/mol. The second-order valence-electron chi connectivity index (χ2n) is 7.20. The van der Waals surface area contributed by atoms with Gasteiger partial charge in [0.25, 0.3) is 0 Å². The van der Waals surface area contributed by atoms with Crippen LogP contribution in [-0.2, 0) is 0 Å². The number of methoxy groups -OCH3 is 1. The molecule has 4 heterocycles. The number of nitrogens with zero attached hydrogens (tertiary/aromatic N) is 6. The molecule has 0 bridgehead atoms. The fourth-order valence-corrected chi connectivity index (χ4v) is 3.99. The maximum absolute atomic E-state index is 5.57. The minimum absolute atomic E-state index is 0.272. The summed E-state index contributed by atoms with van der Waals surface area (Å²) < 4.78 is 10.8. The van der Waals surface area contributed by atoms with Gasteiger partial charge < -0.3 is 14.2 Å². The van der Waals surface area contributed by atoms with E-state index >= 15 is 0 Å². The summed E-state index contributed by atoms with van der Waals surface area (Å²) in [5, 5.41) is 4.14. The molecule has 8 heteroatoms. The predicted octanol–water partition coefficient (Wildman–Crippen LogP) is 2.70. The first-order chi connectivity index (χ1) is 13.3. The van der Waals surface area contributed by atoms with E-state index in [9.17, 15) is 0 Å². The van der Waals surface area contributed by atoms with Gasteiger partial charge in [-0.3, -0.25) is 4.98 Å². The minimum atomic E-state index is 0.272. The van der Waals surface area contributed by atoms with Crippen LogP contribution in [0.3, 0.4) is 0 Å². The first-order valence-electron chi connectivity index (χ1n) is 9.13. The molecular weight excluding hydrogens is 344 g/mol. The van der Waals surface area contributed by atoms with E-state index in [0.29, 0.717) is 17.6 Å². The van der Waals surface area contributed by atoms with Crippen molar-refractivity contribution in [2.75, 3.05) is 25.1 Å². The summed E-state index contributed by atoms with van der Waals surface area (Å²) in [6, 6.07) is 5.58. The summed E-state index contributed by atoms with van der Waals surface area (Å²) in [4.78, 5) is 19.8. The largest absolute Gasteiger partial charge is 0.481 e. The van der Waals surface area contributed by atoms with E-state index in [-0.39, 0.29) is 5.41 Å². The molecule has 0 N–H and O–H groups in total. The molecule has 8 nitrogen and oxygen atoms in total. The molecule has 138 valence electrons. The molecule has 1 saturated carbocycles. The number of hydrogen-bond acceptors (Lipinski definition) is 8. The predicted molar refractivity (Wildman–Crippen MR) is 97.4 cm³/mol. The van der Waals surface area contributed by atoms with Crippen LogP contribution in [0, 0.1) is 5.41 Å². The van der Waals surface area contributed by atoms with Gasteiger partial charge in [0.2, 0.25) is 23.5 Å². The standard InChI is InChI=1S/C19H20N6O2/c1-26-15-4-8-21-18(22-15)25-9-5-19(6-10-25)11-14(19)17-23-16(24-27-17)13-3-2-7-20-12-13/h2-4,7-8,12,14H,5-6,9-11H2,1H3. The maximum atomic E-state index is 5.57. The van der Waals surface area contributed by atoms with Crippen molar-refractivity contribution in [2.24, 2.45) is 5.41 Å². The van der Waals surface area contributed by atoms with Crippen LogP contribution in [0.5, 0.6) is 5.88 Å². The van der Waals surface area contributed by atoms with Crippen LogP contribution in [0.1, 0.15) is 31.1 Å². The van der Waals surface area contributed by atoms with Gasteiger partial charge >= 0.3 is 0 Å². The van der Waals surface area contributed by atoms with E-state index < -0.39 is 0 Å². The van der Waals surface area contributed by atoms with Crippen molar-refractivity contribution in [1.29, 1.82) is 0 Å². The Bertz CT molecular complexity index is 936. The number of anilines is 1. The van der Waals surface area contributed by atoms with E-state index in [1.54, 1.807) is 31.8 Å². The van der Waals surface area contributed by atoms with Crippen LogP contribution in [0.15, 0.2) is 41.3 Å².